The highest BCUT2D eigenvalue weighted by Crippen LogP contribution is 2.15. The van der Waals surface area contributed by atoms with E-state index in [-0.39, 0.29) is 0 Å². The Labute approximate surface area is 79.8 Å². The van der Waals surface area contributed by atoms with Crippen molar-refractivity contribution in [3.05, 3.63) is 29.6 Å². The van der Waals surface area contributed by atoms with Gasteiger partial charge in [0, 0.05) is 24.7 Å². The van der Waals surface area contributed by atoms with Crippen LogP contribution in [0.5, 0.6) is 0 Å². The molecule has 1 aliphatic heterocycles. The van der Waals surface area contributed by atoms with Gasteiger partial charge in [-0.1, -0.05) is 6.92 Å². The molecule has 0 N–H and O–H groups in total. The van der Waals surface area contributed by atoms with Crippen molar-refractivity contribution in [2.75, 3.05) is 13.1 Å². The van der Waals surface area contributed by atoms with E-state index in [2.05, 4.69) is 41.9 Å². The maximum Gasteiger partial charge on any atom is 0.172 e. The fraction of sp³-hybridized carbons (Fsp3) is 0.545. The molecule has 0 spiro atoms. The van der Waals surface area contributed by atoms with Gasteiger partial charge in [-0.2, -0.15) is 0 Å². The van der Waals surface area contributed by atoms with Gasteiger partial charge >= 0.3 is 0 Å². The third-order valence-electron chi connectivity index (χ3n) is 2.82. The maximum atomic E-state index is 2.49. The number of hydrogen-bond acceptors (Lipinski definition) is 1. The fourth-order valence-electron chi connectivity index (χ4n) is 1.93. The Morgan fingerprint density at radius 2 is 2.31 bits per heavy atom. The van der Waals surface area contributed by atoms with Gasteiger partial charge in [0.25, 0.3) is 0 Å². The molecule has 1 aliphatic rings. The Morgan fingerprint density at radius 1 is 1.46 bits per heavy atom. The average Bonchev–Trinajstić information content (AvgIpc) is 2.17. The second kappa shape index (κ2) is 3.46. The number of aryl methyl sites for hydroxylation is 1. The Morgan fingerprint density at radius 3 is 3.08 bits per heavy atom. The predicted octanol–water partition coefficient (Wildman–Crippen LogP) is 0.889. The van der Waals surface area contributed by atoms with Crippen molar-refractivity contribution in [3.63, 3.8) is 0 Å². The summed E-state index contributed by atoms with van der Waals surface area (Å²) in [5.41, 5.74) is 3.03. The highest BCUT2D eigenvalue weighted by molar-refractivity contribution is 5.23. The number of nitrogens with zero attached hydrogens (tertiary/aromatic N) is 2. The molecule has 2 nitrogen and oxygen atoms in total. The van der Waals surface area contributed by atoms with Crippen LogP contribution in [0.25, 0.3) is 0 Å². The summed E-state index contributed by atoms with van der Waals surface area (Å²) in [5, 5.41) is 0. The van der Waals surface area contributed by atoms with Gasteiger partial charge in [0.05, 0.1) is 0 Å². The molecule has 2 rings (SSSR count). The monoisotopic (exact) mass is 177 g/mol. The first-order chi connectivity index (χ1) is 6.29. The number of pyridine rings is 1. The zero-order valence-electron chi connectivity index (χ0n) is 8.45. The minimum Gasteiger partial charge on any atom is -0.299 e. The van der Waals surface area contributed by atoms with Crippen molar-refractivity contribution in [1.82, 2.24) is 4.90 Å². The Hall–Kier alpha value is -0.890. The van der Waals surface area contributed by atoms with Gasteiger partial charge in [-0.05, 0) is 18.5 Å². The number of hydrogen-bond donors (Lipinski definition) is 0. The van der Waals surface area contributed by atoms with Crippen LogP contribution >= 0.6 is 0 Å². The number of likely N-dealkylation sites (N-methyl/N-ethyl adjacent to an activating group) is 1. The number of fused-ring (bicyclic) bond motifs is 1. The first-order valence-corrected chi connectivity index (χ1v) is 4.99. The third kappa shape index (κ3) is 1.73. The molecule has 0 fully saturated rings. The normalized spacial score (nSPS) is 17.1. The van der Waals surface area contributed by atoms with Gasteiger partial charge in [0.1, 0.15) is 7.05 Å². The molecule has 0 radical (unpaired) electrons. The van der Waals surface area contributed by atoms with Crippen LogP contribution in [0.2, 0.25) is 0 Å². The van der Waals surface area contributed by atoms with Crippen LogP contribution in [0.4, 0.5) is 0 Å². The Kier molecular flexibility index (Phi) is 2.32. The summed E-state index contributed by atoms with van der Waals surface area (Å²) in [5.74, 6) is 0. The molecule has 0 saturated heterocycles. The van der Waals surface area contributed by atoms with E-state index < -0.39 is 0 Å². The summed E-state index contributed by atoms with van der Waals surface area (Å²) in [6.07, 6.45) is 5.60. The zero-order chi connectivity index (χ0) is 9.26. The maximum absolute atomic E-state index is 2.49. The van der Waals surface area contributed by atoms with E-state index in [0.717, 1.165) is 6.54 Å². The molecule has 0 unspecified atom stereocenters. The van der Waals surface area contributed by atoms with Crippen molar-refractivity contribution in [2.45, 2.75) is 19.9 Å². The van der Waals surface area contributed by atoms with Crippen LogP contribution in [0.3, 0.4) is 0 Å². The molecule has 0 bridgehead atoms. The largest absolute Gasteiger partial charge is 0.299 e. The van der Waals surface area contributed by atoms with E-state index in [0.29, 0.717) is 0 Å². The Balaban J connectivity index is 2.26. The second-order valence-corrected chi connectivity index (χ2v) is 3.78. The first-order valence-electron chi connectivity index (χ1n) is 4.99. The second-order valence-electron chi connectivity index (χ2n) is 3.78. The van der Waals surface area contributed by atoms with Crippen LogP contribution in [0.15, 0.2) is 18.5 Å². The molecule has 0 amide bonds. The summed E-state index contributed by atoms with van der Waals surface area (Å²) >= 11 is 0. The van der Waals surface area contributed by atoms with Crippen LogP contribution < -0.4 is 4.57 Å². The van der Waals surface area contributed by atoms with Gasteiger partial charge in [0.2, 0.25) is 0 Å². The van der Waals surface area contributed by atoms with E-state index in [1.807, 2.05) is 0 Å². The van der Waals surface area contributed by atoms with Crippen LogP contribution in [0, 0.1) is 0 Å². The van der Waals surface area contributed by atoms with Gasteiger partial charge in [0.15, 0.2) is 12.4 Å². The zero-order valence-corrected chi connectivity index (χ0v) is 8.45. The molecule has 70 valence electrons. The molecule has 1 aromatic rings. The third-order valence-corrected chi connectivity index (χ3v) is 2.82. The van der Waals surface area contributed by atoms with Gasteiger partial charge < -0.3 is 0 Å². The lowest BCUT2D eigenvalue weighted by atomic mass is 10.0. The van der Waals surface area contributed by atoms with Crippen molar-refractivity contribution in [2.24, 2.45) is 7.05 Å². The molecule has 13 heavy (non-hydrogen) atoms. The SMILES string of the molecule is CCN1CCc2c[n+](C)ccc2C1. The molecule has 0 aromatic carbocycles. The molecule has 2 heterocycles. The fourth-order valence-corrected chi connectivity index (χ4v) is 1.93. The smallest absolute Gasteiger partial charge is 0.172 e. The average molecular weight is 177 g/mol. The van der Waals surface area contributed by atoms with Crippen LogP contribution in [-0.4, -0.2) is 18.0 Å². The van der Waals surface area contributed by atoms with Gasteiger partial charge in [-0.3, -0.25) is 4.90 Å². The summed E-state index contributed by atoms with van der Waals surface area (Å²) in [7, 11) is 2.09. The molecule has 1 aromatic heterocycles. The molecular weight excluding hydrogens is 160 g/mol. The standard InChI is InChI=1S/C11H17N2/c1-3-13-7-5-10-8-12(2)6-4-11(10)9-13/h4,6,8H,3,5,7,9H2,1-2H3/q+1. The van der Waals surface area contributed by atoms with Crippen LogP contribution in [0.1, 0.15) is 18.1 Å². The highest BCUT2D eigenvalue weighted by Gasteiger charge is 2.16. The highest BCUT2D eigenvalue weighted by atomic mass is 15.1. The lowest BCUT2D eigenvalue weighted by molar-refractivity contribution is -0.672. The van der Waals surface area contributed by atoms with E-state index in [4.69, 9.17) is 0 Å². The number of rotatable bonds is 1. The summed E-state index contributed by atoms with van der Waals surface area (Å²) < 4.78 is 2.14. The predicted molar refractivity (Wildman–Crippen MR) is 52.3 cm³/mol. The molecule has 0 aliphatic carbocycles. The van der Waals surface area contributed by atoms with Crippen LogP contribution in [-0.2, 0) is 20.0 Å². The van der Waals surface area contributed by atoms with Crippen molar-refractivity contribution in [1.29, 1.82) is 0 Å². The molecule has 0 atom stereocenters. The van der Waals surface area contributed by atoms with Crippen molar-refractivity contribution < 1.29 is 4.57 Å². The molecular formula is C11H17N2+. The van der Waals surface area contributed by atoms with E-state index in [1.54, 1.807) is 0 Å². The van der Waals surface area contributed by atoms with E-state index >= 15 is 0 Å². The Bertz CT molecular complexity index is 307. The van der Waals surface area contributed by atoms with Crippen molar-refractivity contribution in [3.8, 4) is 0 Å². The summed E-state index contributed by atoms with van der Waals surface area (Å²) in [4.78, 5) is 2.49. The summed E-state index contributed by atoms with van der Waals surface area (Å²) in [6, 6.07) is 2.25. The van der Waals surface area contributed by atoms with Crippen molar-refractivity contribution >= 4 is 0 Å². The number of aromatic nitrogens is 1. The first kappa shape index (κ1) is 8.70. The quantitative estimate of drug-likeness (QED) is 0.578. The van der Waals surface area contributed by atoms with Gasteiger partial charge in [-0.15, -0.1) is 0 Å². The van der Waals surface area contributed by atoms with E-state index in [1.165, 1.54) is 30.6 Å². The summed E-state index contributed by atoms with van der Waals surface area (Å²) in [6.45, 7) is 5.74. The minimum absolute atomic E-state index is 1.13. The topological polar surface area (TPSA) is 7.12 Å². The van der Waals surface area contributed by atoms with E-state index in [9.17, 15) is 0 Å². The lowest BCUT2D eigenvalue weighted by Gasteiger charge is -2.26. The van der Waals surface area contributed by atoms with Gasteiger partial charge in [-0.25, -0.2) is 4.57 Å². The lowest BCUT2D eigenvalue weighted by Crippen LogP contribution is -2.34. The molecule has 0 saturated carbocycles. The molecule has 2 heteroatoms. The minimum atomic E-state index is 1.13.